The van der Waals surface area contributed by atoms with Crippen molar-refractivity contribution in [3.8, 4) is 5.75 Å². The Balaban J connectivity index is 1.75. The molecule has 0 saturated carbocycles. The van der Waals surface area contributed by atoms with Gasteiger partial charge in [-0.2, -0.15) is 0 Å². The summed E-state index contributed by atoms with van der Waals surface area (Å²) in [5.41, 5.74) is 4.06. The molecule has 0 amide bonds. The zero-order chi connectivity index (χ0) is 16.2. The van der Waals surface area contributed by atoms with E-state index in [9.17, 15) is 4.79 Å². The molecule has 1 heterocycles. The number of hydrogen-bond donors (Lipinski definition) is 0. The number of carbonyl (C=O) groups excluding carboxylic acids is 1. The third-order valence-electron chi connectivity index (χ3n) is 3.83. The van der Waals surface area contributed by atoms with E-state index >= 15 is 0 Å². The smallest absolute Gasteiger partial charge is 0.202 e. The van der Waals surface area contributed by atoms with Crippen LogP contribution in [0.1, 0.15) is 31.9 Å². The van der Waals surface area contributed by atoms with Gasteiger partial charge in [0.1, 0.15) is 12.4 Å². The van der Waals surface area contributed by atoms with Crippen molar-refractivity contribution in [2.24, 2.45) is 0 Å². The van der Waals surface area contributed by atoms with Crippen molar-refractivity contribution in [3.05, 3.63) is 87.1 Å². The van der Waals surface area contributed by atoms with Crippen molar-refractivity contribution in [1.82, 2.24) is 0 Å². The average molecular weight is 322 g/mol. The summed E-state index contributed by atoms with van der Waals surface area (Å²) in [6.07, 6.45) is 0. The molecule has 3 rings (SSSR count). The maximum absolute atomic E-state index is 12.4. The van der Waals surface area contributed by atoms with Crippen LogP contribution in [0, 0.1) is 13.8 Å². The third kappa shape index (κ3) is 3.51. The quantitative estimate of drug-likeness (QED) is 0.605. The highest BCUT2D eigenvalue weighted by molar-refractivity contribution is 7.12. The van der Waals surface area contributed by atoms with Gasteiger partial charge in [0.2, 0.25) is 5.78 Å². The van der Waals surface area contributed by atoms with Crippen molar-refractivity contribution >= 4 is 17.1 Å². The molecular weight excluding hydrogens is 304 g/mol. The first kappa shape index (κ1) is 15.5. The molecule has 0 aliphatic heterocycles. The number of ketones is 1. The maximum atomic E-state index is 12.4. The first-order valence-electron chi connectivity index (χ1n) is 7.51. The molecule has 0 unspecified atom stereocenters. The van der Waals surface area contributed by atoms with Gasteiger partial charge in [0, 0.05) is 5.56 Å². The van der Waals surface area contributed by atoms with Gasteiger partial charge in [-0.25, -0.2) is 0 Å². The summed E-state index contributed by atoms with van der Waals surface area (Å²) in [4.78, 5) is 13.1. The van der Waals surface area contributed by atoms with Crippen LogP contribution in [0.25, 0.3) is 0 Å². The highest BCUT2D eigenvalue weighted by atomic mass is 32.1. The first-order valence-corrected chi connectivity index (χ1v) is 8.39. The summed E-state index contributed by atoms with van der Waals surface area (Å²) >= 11 is 1.46. The SMILES string of the molecule is Cc1ccccc1COc1ccc(C(=O)c2cccs2)cc1C. The summed E-state index contributed by atoms with van der Waals surface area (Å²) in [5.74, 6) is 0.879. The van der Waals surface area contributed by atoms with Gasteiger partial charge in [-0.05, 0) is 60.2 Å². The molecule has 0 atom stereocenters. The highest BCUT2D eigenvalue weighted by Gasteiger charge is 2.12. The molecular formula is C20H18O2S. The fourth-order valence-electron chi connectivity index (χ4n) is 2.43. The molecule has 0 fully saturated rings. The molecule has 0 bridgehead atoms. The molecule has 0 aliphatic carbocycles. The maximum Gasteiger partial charge on any atom is 0.202 e. The summed E-state index contributed by atoms with van der Waals surface area (Å²) in [5, 5.41) is 1.92. The lowest BCUT2D eigenvalue weighted by Crippen LogP contribution is -2.02. The zero-order valence-corrected chi connectivity index (χ0v) is 14.0. The zero-order valence-electron chi connectivity index (χ0n) is 13.2. The van der Waals surface area contributed by atoms with Crippen LogP contribution >= 0.6 is 11.3 Å². The summed E-state index contributed by atoms with van der Waals surface area (Å²) in [7, 11) is 0. The second-order valence-corrected chi connectivity index (χ2v) is 6.45. The minimum absolute atomic E-state index is 0.0635. The predicted octanol–water partition coefficient (Wildman–Crippen LogP) is 5.17. The molecule has 2 aromatic carbocycles. The van der Waals surface area contributed by atoms with Crippen molar-refractivity contribution < 1.29 is 9.53 Å². The topological polar surface area (TPSA) is 26.3 Å². The lowest BCUT2D eigenvalue weighted by Gasteiger charge is -2.11. The number of thiophene rings is 1. The molecule has 23 heavy (non-hydrogen) atoms. The fourth-order valence-corrected chi connectivity index (χ4v) is 3.12. The molecule has 2 nitrogen and oxygen atoms in total. The summed E-state index contributed by atoms with van der Waals surface area (Å²) in [6.45, 7) is 4.58. The molecule has 116 valence electrons. The molecule has 3 aromatic rings. The Labute approximate surface area is 140 Å². The van der Waals surface area contributed by atoms with Gasteiger partial charge >= 0.3 is 0 Å². The van der Waals surface area contributed by atoms with E-state index in [2.05, 4.69) is 19.1 Å². The van der Waals surface area contributed by atoms with E-state index in [1.54, 1.807) is 0 Å². The van der Waals surface area contributed by atoms with E-state index in [4.69, 9.17) is 4.74 Å². The van der Waals surface area contributed by atoms with Crippen LogP contribution < -0.4 is 4.74 Å². The number of aryl methyl sites for hydroxylation is 2. The second kappa shape index (κ2) is 6.80. The number of carbonyl (C=O) groups is 1. The lowest BCUT2D eigenvalue weighted by atomic mass is 10.1. The normalized spacial score (nSPS) is 10.5. The average Bonchev–Trinajstić information content (AvgIpc) is 3.09. The standard InChI is InChI=1S/C20H18O2S/c1-14-6-3-4-7-17(14)13-22-18-10-9-16(12-15(18)2)20(21)19-8-5-11-23-19/h3-12H,13H2,1-2H3. The number of rotatable bonds is 5. The molecule has 3 heteroatoms. The van der Waals surface area contributed by atoms with Crippen molar-refractivity contribution in [2.45, 2.75) is 20.5 Å². The van der Waals surface area contributed by atoms with Crippen LogP contribution in [0.15, 0.2) is 60.0 Å². The largest absolute Gasteiger partial charge is 0.489 e. The molecule has 1 aromatic heterocycles. The van der Waals surface area contributed by atoms with Gasteiger partial charge < -0.3 is 4.74 Å². The summed E-state index contributed by atoms with van der Waals surface area (Å²) in [6, 6.07) is 17.5. The van der Waals surface area contributed by atoms with Crippen LogP contribution in [-0.4, -0.2) is 5.78 Å². The lowest BCUT2D eigenvalue weighted by molar-refractivity contribution is 0.104. The van der Waals surface area contributed by atoms with Gasteiger partial charge in [-0.3, -0.25) is 4.79 Å². The van der Waals surface area contributed by atoms with Gasteiger partial charge in [-0.15, -0.1) is 11.3 Å². The monoisotopic (exact) mass is 322 g/mol. The van der Waals surface area contributed by atoms with E-state index in [1.165, 1.54) is 22.5 Å². The molecule has 0 spiro atoms. The Morgan fingerprint density at radius 3 is 2.52 bits per heavy atom. The number of ether oxygens (including phenoxy) is 1. The predicted molar refractivity (Wildman–Crippen MR) is 94.4 cm³/mol. The molecule has 0 radical (unpaired) electrons. The van der Waals surface area contributed by atoms with Crippen LogP contribution in [0.2, 0.25) is 0 Å². The van der Waals surface area contributed by atoms with E-state index in [-0.39, 0.29) is 5.78 Å². The van der Waals surface area contributed by atoms with Gasteiger partial charge in [-0.1, -0.05) is 30.3 Å². The van der Waals surface area contributed by atoms with Crippen molar-refractivity contribution in [3.63, 3.8) is 0 Å². The Hall–Kier alpha value is -2.39. The second-order valence-electron chi connectivity index (χ2n) is 5.50. The van der Waals surface area contributed by atoms with E-state index in [0.717, 1.165) is 16.2 Å². The van der Waals surface area contributed by atoms with Crippen LogP contribution in [-0.2, 0) is 6.61 Å². The molecule has 0 saturated heterocycles. The Morgan fingerprint density at radius 1 is 1.00 bits per heavy atom. The first-order chi connectivity index (χ1) is 11.1. The third-order valence-corrected chi connectivity index (χ3v) is 4.70. The van der Waals surface area contributed by atoms with E-state index in [0.29, 0.717) is 12.2 Å². The highest BCUT2D eigenvalue weighted by Crippen LogP contribution is 2.23. The Kier molecular flexibility index (Phi) is 4.58. The van der Waals surface area contributed by atoms with Crippen LogP contribution in [0.3, 0.4) is 0 Å². The Bertz CT molecular complexity index is 819. The van der Waals surface area contributed by atoms with Crippen molar-refractivity contribution in [1.29, 1.82) is 0 Å². The van der Waals surface area contributed by atoms with E-state index < -0.39 is 0 Å². The van der Waals surface area contributed by atoms with E-state index in [1.807, 2.05) is 54.8 Å². The Morgan fingerprint density at radius 2 is 1.83 bits per heavy atom. The molecule has 0 N–H and O–H groups in total. The molecule has 0 aliphatic rings. The van der Waals surface area contributed by atoms with Crippen molar-refractivity contribution in [2.75, 3.05) is 0 Å². The van der Waals surface area contributed by atoms with Crippen LogP contribution in [0.4, 0.5) is 0 Å². The number of benzene rings is 2. The summed E-state index contributed by atoms with van der Waals surface area (Å²) < 4.78 is 5.92. The van der Waals surface area contributed by atoms with Gasteiger partial charge in [0.25, 0.3) is 0 Å². The van der Waals surface area contributed by atoms with Gasteiger partial charge in [0.05, 0.1) is 4.88 Å². The number of hydrogen-bond acceptors (Lipinski definition) is 3. The fraction of sp³-hybridized carbons (Fsp3) is 0.150. The minimum Gasteiger partial charge on any atom is -0.489 e. The van der Waals surface area contributed by atoms with Crippen LogP contribution in [0.5, 0.6) is 5.75 Å². The minimum atomic E-state index is 0.0635. The van der Waals surface area contributed by atoms with Gasteiger partial charge in [0.15, 0.2) is 0 Å².